The highest BCUT2D eigenvalue weighted by atomic mass is 32.1. The summed E-state index contributed by atoms with van der Waals surface area (Å²) in [7, 11) is 0. The Balaban J connectivity index is 2.07. The van der Waals surface area contributed by atoms with E-state index in [2.05, 4.69) is 16.2 Å². The van der Waals surface area contributed by atoms with Crippen LogP contribution in [0.25, 0.3) is 20.9 Å². The Kier molecular flexibility index (Phi) is 2.42. The SMILES string of the molecule is CC(O)c1noc(-c2cc3ccccc3s2)n1. The molecule has 0 radical (unpaired) electrons. The lowest BCUT2D eigenvalue weighted by Gasteiger charge is -1.91. The molecule has 0 saturated carbocycles. The summed E-state index contributed by atoms with van der Waals surface area (Å²) >= 11 is 1.60. The molecular weight excluding hydrogens is 236 g/mol. The van der Waals surface area contributed by atoms with Crippen molar-refractivity contribution in [2.45, 2.75) is 13.0 Å². The number of aromatic nitrogens is 2. The van der Waals surface area contributed by atoms with E-state index in [9.17, 15) is 5.11 Å². The number of hydrogen-bond donors (Lipinski definition) is 1. The van der Waals surface area contributed by atoms with Gasteiger partial charge in [0.05, 0.1) is 4.88 Å². The fourth-order valence-electron chi connectivity index (χ4n) is 1.59. The molecule has 0 bridgehead atoms. The van der Waals surface area contributed by atoms with Crippen LogP contribution < -0.4 is 0 Å². The van der Waals surface area contributed by atoms with Crippen molar-refractivity contribution in [1.82, 2.24) is 10.1 Å². The third-order valence-electron chi connectivity index (χ3n) is 2.45. The largest absolute Gasteiger partial charge is 0.385 e. The summed E-state index contributed by atoms with van der Waals surface area (Å²) in [5.74, 6) is 0.777. The first kappa shape index (κ1) is 10.4. The maximum atomic E-state index is 9.34. The van der Waals surface area contributed by atoms with E-state index in [0.29, 0.717) is 11.7 Å². The Hall–Kier alpha value is -1.72. The van der Waals surface area contributed by atoms with Crippen LogP contribution in [0.2, 0.25) is 0 Å². The summed E-state index contributed by atoms with van der Waals surface area (Å²) in [4.78, 5) is 5.08. The number of rotatable bonds is 2. The molecule has 3 aromatic rings. The first-order valence-corrected chi connectivity index (χ1v) is 6.06. The van der Waals surface area contributed by atoms with Crippen LogP contribution in [0.15, 0.2) is 34.9 Å². The predicted octanol–water partition coefficient (Wildman–Crippen LogP) is 3.00. The zero-order chi connectivity index (χ0) is 11.8. The van der Waals surface area contributed by atoms with Crippen LogP contribution in [0.5, 0.6) is 0 Å². The third-order valence-corrected chi connectivity index (χ3v) is 3.56. The van der Waals surface area contributed by atoms with Crippen LogP contribution in [0.1, 0.15) is 18.9 Å². The molecular formula is C12H10N2O2S. The standard InChI is InChI=1S/C12H10N2O2S/c1-7(15)11-13-12(16-14-11)10-6-8-4-2-3-5-9(8)17-10/h2-7,15H,1H3. The molecule has 17 heavy (non-hydrogen) atoms. The lowest BCUT2D eigenvalue weighted by atomic mass is 10.2. The van der Waals surface area contributed by atoms with Gasteiger partial charge in [0.15, 0.2) is 5.82 Å². The first-order valence-electron chi connectivity index (χ1n) is 5.24. The Labute approximate surface area is 102 Å². The van der Waals surface area contributed by atoms with Crippen molar-refractivity contribution in [2.75, 3.05) is 0 Å². The molecule has 3 rings (SSSR count). The number of aliphatic hydroxyl groups is 1. The summed E-state index contributed by atoms with van der Waals surface area (Å²) in [6.07, 6.45) is -0.707. The molecule has 0 aliphatic carbocycles. The molecule has 0 spiro atoms. The highest BCUT2D eigenvalue weighted by molar-refractivity contribution is 7.22. The predicted molar refractivity (Wildman–Crippen MR) is 65.8 cm³/mol. The fourth-order valence-corrected chi connectivity index (χ4v) is 2.58. The molecule has 2 aromatic heterocycles. The molecule has 1 aromatic carbocycles. The fraction of sp³-hybridized carbons (Fsp3) is 0.167. The Morgan fingerprint density at radius 1 is 1.35 bits per heavy atom. The Bertz CT molecular complexity index is 624. The van der Waals surface area contributed by atoms with Gasteiger partial charge in [-0.15, -0.1) is 11.3 Å². The monoisotopic (exact) mass is 246 g/mol. The van der Waals surface area contributed by atoms with Gasteiger partial charge in [0, 0.05) is 4.70 Å². The summed E-state index contributed by atoms with van der Waals surface area (Å²) in [6.45, 7) is 1.61. The van der Waals surface area contributed by atoms with E-state index < -0.39 is 6.10 Å². The highest BCUT2D eigenvalue weighted by Crippen LogP contribution is 2.32. The van der Waals surface area contributed by atoms with Crippen LogP contribution in [0.4, 0.5) is 0 Å². The van der Waals surface area contributed by atoms with Gasteiger partial charge in [-0.2, -0.15) is 4.98 Å². The molecule has 1 N–H and O–H groups in total. The topological polar surface area (TPSA) is 59.2 Å². The second kappa shape index (κ2) is 3.94. The number of nitrogens with zero attached hydrogens (tertiary/aromatic N) is 2. The minimum absolute atomic E-state index is 0.317. The molecule has 1 unspecified atom stereocenters. The van der Waals surface area contributed by atoms with Crippen molar-refractivity contribution < 1.29 is 9.63 Å². The zero-order valence-electron chi connectivity index (χ0n) is 9.12. The zero-order valence-corrected chi connectivity index (χ0v) is 9.94. The molecule has 0 fully saturated rings. The van der Waals surface area contributed by atoms with E-state index in [4.69, 9.17) is 4.52 Å². The lowest BCUT2D eigenvalue weighted by Crippen LogP contribution is -1.92. The van der Waals surface area contributed by atoms with Crippen LogP contribution in [-0.2, 0) is 0 Å². The van der Waals surface area contributed by atoms with Gasteiger partial charge in [-0.3, -0.25) is 0 Å². The van der Waals surface area contributed by atoms with Gasteiger partial charge >= 0.3 is 0 Å². The van der Waals surface area contributed by atoms with Gasteiger partial charge in [0.25, 0.3) is 5.89 Å². The number of thiophene rings is 1. The maximum absolute atomic E-state index is 9.34. The molecule has 0 saturated heterocycles. The van der Waals surface area contributed by atoms with Crippen LogP contribution in [0.3, 0.4) is 0 Å². The van der Waals surface area contributed by atoms with E-state index >= 15 is 0 Å². The quantitative estimate of drug-likeness (QED) is 0.755. The summed E-state index contributed by atoms with van der Waals surface area (Å²) in [5.41, 5.74) is 0. The van der Waals surface area contributed by atoms with Gasteiger partial charge in [-0.25, -0.2) is 0 Å². The van der Waals surface area contributed by atoms with E-state index in [1.165, 1.54) is 4.70 Å². The lowest BCUT2D eigenvalue weighted by molar-refractivity contribution is 0.184. The first-order chi connectivity index (χ1) is 8.24. The third kappa shape index (κ3) is 1.83. The number of fused-ring (bicyclic) bond motifs is 1. The van der Waals surface area contributed by atoms with Crippen molar-refractivity contribution in [2.24, 2.45) is 0 Å². The molecule has 5 heteroatoms. The van der Waals surface area contributed by atoms with Crippen molar-refractivity contribution in [3.8, 4) is 10.8 Å². The average Bonchev–Trinajstić information content (AvgIpc) is 2.95. The second-order valence-electron chi connectivity index (χ2n) is 3.78. The van der Waals surface area contributed by atoms with E-state index in [1.807, 2.05) is 24.3 Å². The van der Waals surface area contributed by atoms with E-state index in [0.717, 1.165) is 10.3 Å². The molecule has 4 nitrogen and oxygen atoms in total. The minimum atomic E-state index is -0.707. The maximum Gasteiger partial charge on any atom is 0.268 e. The van der Waals surface area contributed by atoms with Crippen LogP contribution in [-0.4, -0.2) is 15.2 Å². The molecule has 0 aliphatic heterocycles. The summed E-state index contributed by atoms with van der Waals surface area (Å²) in [6, 6.07) is 10.1. The summed E-state index contributed by atoms with van der Waals surface area (Å²) < 4.78 is 6.31. The molecule has 2 heterocycles. The van der Waals surface area contributed by atoms with Gasteiger partial charge in [-0.1, -0.05) is 23.4 Å². The van der Waals surface area contributed by atoms with E-state index in [1.54, 1.807) is 18.3 Å². The average molecular weight is 246 g/mol. The van der Waals surface area contributed by atoms with Crippen LogP contribution in [0, 0.1) is 0 Å². The smallest absolute Gasteiger partial charge is 0.268 e. The van der Waals surface area contributed by atoms with Crippen LogP contribution >= 0.6 is 11.3 Å². The van der Waals surface area contributed by atoms with Gasteiger partial charge < -0.3 is 9.63 Å². The van der Waals surface area contributed by atoms with Crippen molar-refractivity contribution in [1.29, 1.82) is 0 Å². The molecule has 0 amide bonds. The molecule has 0 aliphatic rings. The van der Waals surface area contributed by atoms with Crippen molar-refractivity contribution in [3.63, 3.8) is 0 Å². The highest BCUT2D eigenvalue weighted by Gasteiger charge is 2.14. The Morgan fingerprint density at radius 2 is 2.18 bits per heavy atom. The number of aliphatic hydroxyl groups excluding tert-OH is 1. The van der Waals surface area contributed by atoms with Gasteiger partial charge in [0.1, 0.15) is 6.10 Å². The Morgan fingerprint density at radius 3 is 2.88 bits per heavy atom. The van der Waals surface area contributed by atoms with E-state index in [-0.39, 0.29) is 0 Å². The number of benzene rings is 1. The second-order valence-corrected chi connectivity index (χ2v) is 4.87. The normalized spacial score (nSPS) is 13.1. The van der Waals surface area contributed by atoms with Crippen molar-refractivity contribution in [3.05, 3.63) is 36.2 Å². The minimum Gasteiger partial charge on any atom is -0.385 e. The summed E-state index contributed by atoms with van der Waals surface area (Å²) in [5, 5.41) is 14.2. The van der Waals surface area contributed by atoms with Crippen molar-refractivity contribution >= 4 is 21.4 Å². The van der Waals surface area contributed by atoms with Gasteiger partial charge in [0.2, 0.25) is 0 Å². The number of hydrogen-bond acceptors (Lipinski definition) is 5. The molecule has 86 valence electrons. The molecule has 1 atom stereocenters. The van der Waals surface area contributed by atoms with Gasteiger partial charge in [-0.05, 0) is 24.4 Å².